The topological polar surface area (TPSA) is 47.3 Å². The van der Waals surface area contributed by atoms with Crippen LogP contribution in [0, 0.1) is 6.92 Å². The van der Waals surface area contributed by atoms with Gasteiger partial charge in [0.2, 0.25) is 0 Å². The Hall–Kier alpha value is -0.870. The summed E-state index contributed by atoms with van der Waals surface area (Å²) in [7, 11) is 0. The third-order valence-corrected chi connectivity index (χ3v) is 4.13. The first kappa shape index (κ1) is 14.5. The second-order valence-corrected chi connectivity index (χ2v) is 6.85. The van der Waals surface area contributed by atoms with Crippen molar-refractivity contribution in [2.45, 2.75) is 77.7 Å². The molecule has 0 bridgehead atoms. The summed E-state index contributed by atoms with van der Waals surface area (Å²) in [6, 6.07) is 2.06. The average Bonchev–Trinajstić information content (AvgIpc) is 2.61. The van der Waals surface area contributed by atoms with Gasteiger partial charge in [0.15, 0.2) is 0 Å². The Morgan fingerprint density at radius 1 is 1.37 bits per heavy atom. The molecule has 1 aromatic rings. The van der Waals surface area contributed by atoms with Crippen molar-refractivity contribution in [1.29, 1.82) is 0 Å². The van der Waals surface area contributed by atoms with Crippen molar-refractivity contribution in [1.82, 2.24) is 9.78 Å². The Morgan fingerprint density at radius 3 is 2.47 bits per heavy atom. The molecular formula is C15H26N2O2. The SMILES string of the molecule is CCn1nc(C)cc1CC1(O)CC(C)(C)OC1(C)C. The fourth-order valence-electron chi connectivity index (χ4n) is 3.33. The van der Waals surface area contributed by atoms with Crippen molar-refractivity contribution in [2.75, 3.05) is 0 Å². The summed E-state index contributed by atoms with van der Waals surface area (Å²) in [5.41, 5.74) is 0.390. The molecule has 1 aliphatic heterocycles. The molecule has 0 aliphatic carbocycles. The molecule has 1 fully saturated rings. The average molecular weight is 266 g/mol. The maximum absolute atomic E-state index is 11.1. The lowest BCUT2D eigenvalue weighted by molar-refractivity contribution is -0.126. The van der Waals surface area contributed by atoms with Crippen molar-refractivity contribution in [3.05, 3.63) is 17.5 Å². The van der Waals surface area contributed by atoms with E-state index in [2.05, 4.69) is 18.1 Å². The lowest BCUT2D eigenvalue weighted by Crippen LogP contribution is -2.48. The Balaban J connectivity index is 2.31. The van der Waals surface area contributed by atoms with Crippen molar-refractivity contribution in [2.24, 2.45) is 0 Å². The van der Waals surface area contributed by atoms with E-state index in [1.807, 2.05) is 39.3 Å². The minimum atomic E-state index is -0.851. The predicted molar refractivity (Wildman–Crippen MR) is 75.2 cm³/mol. The van der Waals surface area contributed by atoms with Crippen LogP contribution in [0.25, 0.3) is 0 Å². The lowest BCUT2D eigenvalue weighted by atomic mass is 9.79. The van der Waals surface area contributed by atoms with Gasteiger partial charge in [-0.25, -0.2) is 0 Å². The number of hydrogen-bond donors (Lipinski definition) is 1. The van der Waals surface area contributed by atoms with E-state index in [1.54, 1.807) is 0 Å². The fraction of sp³-hybridized carbons (Fsp3) is 0.800. The van der Waals surface area contributed by atoms with Crippen LogP contribution in [-0.4, -0.2) is 31.7 Å². The van der Waals surface area contributed by atoms with E-state index < -0.39 is 11.2 Å². The van der Waals surface area contributed by atoms with Crippen LogP contribution in [0.15, 0.2) is 6.07 Å². The van der Waals surface area contributed by atoms with Gasteiger partial charge in [-0.3, -0.25) is 4.68 Å². The summed E-state index contributed by atoms with van der Waals surface area (Å²) in [5.74, 6) is 0. The van der Waals surface area contributed by atoms with Gasteiger partial charge in [-0.15, -0.1) is 0 Å². The molecule has 1 N–H and O–H groups in total. The van der Waals surface area contributed by atoms with Gasteiger partial charge in [0.25, 0.3) is 0 Å². The van der Waals surface area contributed by atoms with Crippen molar-refractivity contribution >= 4 is 0 Å². The van der Waals surface area contributed by atoms with Crippen molar-refractivity contribution in [3.8, 4) is 0 Å². The van der Waals surface area contributed by atoms with E-state index in [-0.39, 0.29) is 5.60 Å². The van der Waals surface area contributed by atoms with Gasteiger partial charge < -0.3 is 9.84 Å². The molecule has 108 valence electrons. The number of ether oxygens (including phenoxy) is 1. The van der Waals surface area contributed by atoms with E-state index in [1.165, 1.54) is 0 Å². The van der Waals surface area contributed by atoms with Crippen LogP contribution in [0.2, 0.25) is 0 Å². The summed E-state index contributed by atoms with van der Waals surface area (Å²) in [6.07, 6.45) is 1.22. The van der Waals surface area contributed by atoms with Crippen LogP contribution in [0.4, 0.5) is 0 Å². The number of hydrogen-bond acceptors (Lipinski definition) is 3. The summed E-state index contributed by atoms with van der Waals surface area (Å²) >= 11 is 0. The molecule has 2 heterocycles. The Labute approximate surface area is 115 Å². The predicted octanol–water partition coefficient (Wildman–Crippen LogP) is 2.46. The second kappa shape index (κ2) is 4.32. The monoisotopic (exact) mass is 266 g/mol. The standard InChI is InChI=1S/C15H26N2O2/c1-7-17-12(8-11(2)16-17)9-15(18)10-13(3,4)19-14(15,5)6/h8,18H,7,9-10H2,1-6H3. The number of aryl methyl sites for hydroxylation is 2. The van der Waals surface area contributed by atoms with Gasteiger partial charge in [-0.05, 0) is 47.6 Å². The summed E-state index contributed by atoms with van der Waals surface area (Å²) in [6.45, 7) is 12.9. The van der Waals surface area contributed by atoms with Crippen molar-refractivity contribution in [3.63, 3.8) is 0 Å². The fourth-order valence-corrected chi connectivity index (χ4v) is 3.33. The van der Waals surface area contributed by atoms with Gasteiger partial charge in [0, 0.05) is 25.1 Å². The molecule has 0 radical (unpaired) electrons. The molecule has 4 heteroatoms. The molecule has 0 spiro atoms. The molecule has 4 nitrogen and oxygen atoms in total. The largest absolute Gasteiger partial charge is 0.386 e. The van der Waals surface area contributed by atoms with Gasteiger partial charge >= 0.3 is 0 Å². The zero-order valence-corrected chi connectivity index (χ0v) is 12.9. The van der Waals surface area contributed by atoms with Crippen molar-refractivity contribution < 1.29 is 9.84 Å². The molecule has 0 amide bonds. The Bertz CT molecular complexity index is 476. The number of aliphatic hydroxyl groups is 1. The van der Waals surface area contributed by atoms with Gasteiger partial charge in [0.1, 0.15) is 5.60 Å². The van der Waals surface area contributed by atoms with Crippen LogP contribution >= 0.6 is 0 Å². The first-order chi connectivity index (χ1) is 8.59. The first-order valence-corrected chi connectivity index (χ1v) is 7.04. The molecule has 1 aliphatic rings. The lowest BCUT2D eigenvalue weighted by Gasteiger charge is -2.35. The molecule has 1 atom stereocenters. The molecular weight excluding hydrogens is 240 g/mol. The summed E-state index contributed by atoms with van der Waals surface area (Å²) in [5, 5.41) is 15.5. The third kappa shape index (κ3) is 2.56. The van der Waals surface area contributed by atoms with Gasteiger partial charge in [-0.2, -0.15) is 5.10 Å². The minimum Gasteiger partial charge on any atom is -0.386 e. The Kier molecular flexibility index (Phi) is 3.30. The summed E-state index contributed by atoms with van der Waals surface area (Å²) in [4.78, 5) is 0. The number of rotatable bonds is 3. The smallest absolute Gasteiger partial charge is 0.101 e. The van der Waals surface area contributed by atoms with Crippen LogP contribution in [0.5, 0.6) is 0 Å². The van der Waals surface area contributed by atoms with Crippen LogP contribution < -0.4 is 0 Å². The van der Waals surface area contributed by atoms with Crippen LogP contribution in [-0.2, 0) is 17.7 Å². The summed E-state index contributed by atoms with van der Waals surface area (Å²) < 4.78 is 7.99. The molecule has 19 heavy (non-hydrogen) atoms. The normalized spacial score (nSPS) is 28.8. The zero-order chi connectivity index (χ0) is 14.5. The Morgan fingerprint density at radius 2 is 2.00 bits per heavy atom. The number of nitrogens with zero attached hydrogens (tertiary/aromatic N) is 2. The van der Waals surface area contributed by atoms with Crippen LogP contribution in [0.1, 0.15) is 52.4 Å². The highest BCUT2D eigenvalue weighted by molar-refractivity contribution is 5.17. The highest BCUT2D eigenvalue weighted by atomic mass is 16.5. The maximum Gasteiger partial charge on any atom is 0.101 e. The van der Waals surface area contributed by atoms with Gasteiger partial charge in [-0.1, -0.05) is 0 Å². The highest BCUT2D eigenvalue weighted by Crippen LogP contribution is 2.46. The molecule has 0 aromatic carbocycles. The molecule has 2 rings (SSSR count). The molecule has 1 aromatic heterocycles. The quantitative estimate of drug-likeness (QED) is 0.914. The molecule has 1 saturated heterocycles. The minimum absolute atomic E-state index is 0.287. The van der Waals surface area contributed by atoms with Crippen LogP contribution in [0.3, 0.4) is 0 Å². The number of aromatic nitrogens is 2. The van der Waals surface area contributed by atoms with E-state index in [0.29, 0.717) is 12.8 Å². The highest BCUT2D eigenvalue weighted by Gasteiger charge is 2.56. The van der Waals surface area contributed by atoms with E-state index >= 15 is 0 Å². The second-order valence-electron chi connectivity index (χ2n) is 6.85. The van der Waals surface area contributed by atoms with E-state index in [0.717, 1.165) is 17.9 Å². The third-order valence-electron chi connectivity index (χ3n) is 4.13. The van der Waals surface area contributed by atoms with Gasteiger partial charge in [0.05, 0.1) is 16.9 Å². The van der Waals surface area contributed by atoms with E-state index in [9.17, 15) is 5.11 Å². The molecule has 0 saturated carbocycles. The van der Waals surface area contributed by atoms with E-state index in [4.69, 9.17) is 4.74 Å². The zero-order valence-electron chi connectivity index (χ0n) is 12.9. The molecule has 1 unspecified atom stereocenters. The first-order valence-electron chi connectivity index (χ1n) is 7.04. The maximum atomic E-state index is 11.1.